The quantitative estimate of drug-likeness (QED) is 0.360. The van der Waals surface area contributed by atoms with E-state index in [1.165, 1.54) is 47.9 Å². The van der Waals surface area contributed by atoms with E-state index in [9.17, 15) is 9.18 Å². The van der Waals surface area contributed by atoms with Gasteiger partial charge >= 0.3 is 6.03 Å². The summed E-state index contributed by atoms with van der Waals surface area (Å²) < 4.78 is 34.3. The van der Waals surface area contributed by atoms with Crippen molar-refractivity contribution in [2.45, 2.75) is 0 Å². The summed E-state index contributed by atoms with van der Waals surface area (Å²) in [4.78, 5) is 28.0. The molecule has 1 aliphatic heterocycles. The van der Waals surface area contributed by atoms with E-state index in [4.69, 9.17) is 15.5 Å². The predicted octanol–water partition coefficient (Wildman–Crippen LogP) is 4.61. The lowest BCUT2D eigenvalue weighted by atomic mass is 10.1. The molecule has 0 radical (unpaired) electrons. The average molecular weight is 510 g/mol. The molecule has 3 heterocycles. The van der Waals surface area contributed by atoms with E-state index in [1.54, 1.807) is 18.2 Å². The van der Waals surface area contributed by atoms with Crippen molar-refractivity contribution in [1.29, 1.82) is 0 Å². The number of hydrogen-bond acceptors (Lipinski definition) is 8. The van der Waals surface area contributed by atoms with Crippen LogP contribution in [-0.4, -0.2) is 47.3 Å². The Morgan fingerprint density at radius 3 is 2.56 bits per heavy atom. The third kappa shape index (κ3) is 5.09. The van der Waals surface area contributed by atoms with Crippen molar-refractivity contribution < 1.29 is 18.3 Å². The van der Waals surface area contributed by atoms with Gasteiger partial charge in [0.25, 0.3) is 0 Å². The molecule has 2 amide bonds. The van der Waals surface area contributed by atoms with Gasteiger partial charge in [-0.2, -0.15) is 0 Å². The molecule has 1 fully saturated rings. The third-order valence-electron chi connectivity index (χ3n) is 5.41. The number of nitrogens with two attached hydrogens (primary N) is 1. The zero-order valence-electron chi connectivity index (χ0n) is 18.9. The number of hydrogen-bond donors (Lipinski definition) is 3. The van der Waals surface area contributed by atoms with Gasteiger partial charge < -0.3 is 26.0 Å². The van der Waals surface area contributed by atoms with Crippen LogP contribution in [0.1, 0.15) is 0 Å². The summed E-state index contributed by atoms with van der Waals surface area (Å²) in [6.45, 7) is 2.46. The molecule has 1 aliphatic rings. The van der Waals surface area contributed by atoms with Crippen molar-refractivity contribution in [3.63, 3.8) is 0 Å². The second-order valence-electron chi connectivity index (χ2n) is 7.83. The highest BCUT2D eigenvalue weighted by atomic mass is 32.1. The van der Waals surface area contributed by atoms with Crippen LogP contribution in [0.25, 0.3) is 21.8 Å². The van der Waals surface area contributed by atoms with E-state index in [2.05, 4.69) is 25.5 Å². The molecular weight excluding hydrogens is 488 g/mol. The van der Waals surface area contributed by atoms with Gasteiger partial charge in [-0.15, -0.1) is 0 Å². The highest BCUT2D eigenvalue weighted by Crippen LogP contribution is 2.42. The Morgan fingerprint density at radius 2 is 1.81 bits per heavy atom. The number of amides is 2. The average Bonchev–Trinajstić information content (AvgIpc) is 3.33. The number of thiazole rings is 1. The van der Waals surface area contributed by atoms with Gasteiger partial charge in [-0.1, -0.05) is 23.5 Å². The van der Waals surface area contributed by atoms with Crippen LogP contribution >= 0.6 is 11.3 Å². The van der Waals surface area contributed by atoms with Gasteiger partial charge in [0.1, 0.15) is 11.5 Å². The molecule has 0 atom stereocenters. The molecule has 36 heavy (non-hydrogen) atoms. The zero-order valence-corrected chi connectivity index (χ0v) is 19.7. The molecule has 1 saturated heterocycles. The molecule has 4 aromatic rings. The lowest BCUT2D eigenvalue weighted by Crippen LogP contribution is -2.36. The van der Waals surface area contributed by atoms with Crippen molar-refractivity contribution in [1.82, 2.24) is 15.0 Å². The number of benzene rings is 2. The van der Waals surface area contributed by atoms with Crippen LogP contribution in [-0.2, 0) is 4.74 Å². The van der Waals surface area contributed by atoms with Crippen molar-refractivity contribution in [2.75, 3.05) is 47.6 Å². The summed E-state index contributed by atoms with van der Waals surface area (Å²) in [5.41, 5.74) is 7.30. The third-order valence-corrected chi connectivity index (χ3v) is 6.56. The molecule has 0 saturated carbocycles. The first-order chi connectivity index (χ1) is 17.5. The summed E-state index contributed by atoms with van der Waals surface area (Å²) >= 11 is 1.32. The molecule has 0 unspecified atom stereocenters. The Balaban J connectivity index is 1.49. The van der Waals surface area contributed by atoms with Crippen LogP contribution in [0.15, 0.2) is 54.7 Å². The van der Waals surface area contributed by atoms with Crippen LogP contribution in [0.2, 0.25) is 0 Å². The Bertz CT molecular complexity index is 1390. The highest BCUT2D eigenvalue weighted by molar-refractivity contribution is 7.19. The van der Waals surface area contributed by atoms with Gasteiger partial charge in [0, 0.05) is 30.5 Å². The Morgan fingerprint density at radius 1 is 1.03 bits per heavy atom. The first kappa shape index (κ1) is 23.6. The van der Waals surface area contributed by atoms with E-state index in [0.717, 1.165) is 0 Å². The highest BCUT2D eigenvalue weighted by Gasteiger charge is 2.24. The zero-order chi connectivity index (χ0) is 25.1. The van der Waals surface area contributed by atoms with Crippen LogP contribution in [0.3, 0.4) is 0 Å². The number of carbonyl (C=O) groups is 1. The minimum absolute atomic E-state index is 0.0263. The number of nitrogens with one attached hydrogen (secondary N) is 2. The summed E-state index contributed by atoms with van der Waals surface area (Å²) in [5, 5.41) is 5.77. The fourth-order valence-electron chi connectivity index (χ4n) is 3.68. The van der Waals surface area contributed by atoms with E-state index in [0.29, 0.717) is 53.4 Å². The molecule has 2 aromatic carbocycles. The number of carbonyl (C=O) groups excluding carboxylic acids is 1. The molecule has 0 bridgehead atoms. The van der Waals surface area contributed by atoms with E-state index < -0.39 is 17.7 Å². The fourth-order valence-corrected chi connectivity index (χ4v) is 4.83. The summed E-state index contributed by atoms with van der Waals surface area (Å²) in [5.74, 6) is -0.984. The molecule has 12 heteroatoms. The number of aromatic nitrogens is 3. The number of morpholine rings is 1. The monoisotopic (exact) mass is 509 g/mol. The Kier molecular flexibility index (Phi) is 6.69. The molecular formula is C24H21F2N7O2S. The molecule has 2 aromatic heterocycles. The summed E-state index contributed by atoms with van der Waals surface area (Å²) in [7, 11) is 0. The van der Waals surface area contributed by atoms with Crippen molar-refractivity contribution in [3.8, 4) is 21.8 Å². The smallest absolute Gasteiger partial charge is 0.323 e. The number of nitrogens with zero attached hydrogens (tertiary/aromatic N) is 4. The normalized spacial score (nSPS) is 13.4. The SMILES string of the molecule is Nc1nccc(-c2nc(N3CCOCC3)sc2-c2cccc(NC(=O)Nc3ccc(F)cc3)c2F)n1. The van der Waals surface area contributed by atoms with Gasteiger partial charge in [0.2, 0.25) is 5.95 Å². The summed E-state index contributed by atoms with van der Waals surface area (Å²) in [6, 6.07) is 10.9. The molecule has 5 rings (SSSR count). The first-order valence-electron chi connectivity index (χ1n) is 11.0. The van der Waals surface area contributed by atoms with Crippen LogP contribution in [0.4, 0.5) is 36.0 Å². The van der Waals surface area contributed by atoms with Crippen molar-refractivity contribution in [3.05, 3.63) is 66.4 Å². The largest absolute Gasteiger partial charge is 0.378 e. The number of ether oxygens (including phenoxy) is 1. The molecule has 184 valence electrons. The minimum Gasteiger partial charge on any atom is -0.378 e. The van der Waals surface area contributed by atoms with Crippen LogP contribution in [0, 0.1) is 11.6 Å². The van der Waals surface area contributed by atoms with Crippen LogP contribution < -0.4 is 21.3 Å². The molecule has 4 N–H and O–H groups in total. The van der Waals surface area contributed by atoms with Gasteiger partial charge in [-0.05, 0) is 36.4 Å². The fraction of sp³-hybridized carbons (Fsp3) is 0.167. The van der Waals surface area contributed by atoms with Gasteiger partial charge in [0.15, 0.2) is 10.9 Å². The van der Waals surface area contributed by atoms with Gasteiger partial charge in [0.05, 0.1) is 29.5 Å². The maximum atomic E-state index is 15.7. The van der Waals surface area contributed by atoms with E-state index in [-0.39, 0.29) is 17.2 Å². The molecule has 0 aliphatic carbocycles. The van der Waals surface area contributed by atoms with E-state index >= 15 is 4.39 Å². The van der Waals surface area contributed by atoms with Gasteiger partial charge in [-0.25, -0.2) is 28.5 Å². The second-order valence-corrected chi connectivity index (χ2v) is 8.80. The Labute approximate surface area is 209 Å². The number of halogens is 2. The standard InChI is InChI=1S/C24H21F2N7O2S/c25-14-4-6-15(7-5-14)29-23(34)31-17-3-1-2-16(19(17)26)21-20(18-8-9-28-22(27)30-18)32-24(36-21)33-10-12-35-13-11-33/h1-9H,10-13H2,(H2,27,28,30)(H2,29,31,34). The maximum absolute atomic E-state index is 15.7. The molecule has 0 spiro atoms. The van der Waals surface area contributed by atoms with E-state index in [1.807, 2.05) is 0 Å². The number of nitrogen functional groups attached to an aromatic ring is 1. The molecule has 9 nitrogen and oxygen atoms in total. The topological polar surface area (TPSA) is 118 Å². The number of rotatable bonds is 5. The van der Waals surface area contributed by atoms with Crippen LogP contribution in [0.5, 0.6) is 0 Å². The summed E-state index contributed by atoms with van der Waals surface area (Å²) in [6.07, 6.45) is 1.52. The first-order valence-corrected chi connectivity index (χ1v) is 11.8. The lowest BCUT2D eigenvalue weighted by Gasteiger charge is -2.26. The lowest BCUT2D eigenvalue weighted by molar-refractivity contribution is 0.122. The second kappa shape index (κ2) is 10.2. The maximum Gasteiger partial charge on any atom is 0.323 e. The Hall–Kier alpha value is -4.16. The van der Waals surface area contributed by atoms with Crippen molar-refractivity contribution >= 4 is 39.8 Å². The van der Waals surface area contributed by atoms with Crippen molar-refractivity contribution in [2.24, 2.45) is 0 Å². The number of urea groups is 1. The number of anilines is 4. The minimum atomic E-state index is -0.667. The van der Waals surface area contributed by atoms with Gasteiger partial charge in [-0.3, -0.25) is 0 Å². The predicted molar refractivity (Wildman–Crippen MR) is 135 cm³/mol.